The van der Waals surface area contributed by atoms with Crippen molar-refractivity contribution in [3.8, 4) is 0 Å². The zero-order valence-electron chi connectivity index (χ0n) is 10.7. The molecule has 1 aromatic heterocycles. The number of aromatic nitrogens is 2. The third-order valence-corrected chi connectivity index (χ3v) is 3.00. The number of aliphatic carboxylic acids is 1. The van der Waals surface area contributed by atoms with Gasteiger partial charge in [-0.25, -0.2) is 9.78 Å². The van der Waals surface area contributed by atoms with E-state index in [2.05, 4.69) is 4.98 Å². The van der Waals surface area contributed by atoms with Crippen molar-refractivity contribution in [2.45, 2.75) is 19.4 Å². The molecule has 0 aliphatic heterocycles. The molecule has 0 amide bonds. The Morgan fingerprint density at radius 1 is 1.15 bits per heavy atom. The molecule has 6 nitrogen and oxygen atoms in total. The van der Waals surface area contributed by atoms with Gasteiger partial charge in [0.15, 0.2) is 0 Å². The Kier molecular flexibility index (Phi) is 4.14. The first kappa shape index (κ1) is 13.8. The van der Waals surface area contributed by atoms with Crippen molar-refractivity contribution in [1.29, 1.82) is 0 Å². The lowest BCUT2D eigenvalue weighted by Gasteiger charge is -2.10. The van der Waals surface area contributed by atoms with Crippen molar-refractivity contribution in [3.63, 3.8) is 0 Å². The normalized spacial score (nSPS) is 10.4. The van der Waals surface area contributed by atoms with Gasteiger partial charge in [-0.15, -0.1) is 0 Å². The van der Waals surface area contributed by atoms with Gasteiger partial charge in [0.1, 0.15) is 5.69 Å². The Bertz CT molecular complexity index is 634. The second-order valence-electron chi connectivity index (χ2n) is 4.37. The van der Waals surface area contributed by atoms with Crippen LogP contribution in [0.3, 0.4) is 0 Å². The van der Waals surface area contributed by atoms with Gasteiger partial charge < -0.3 is 14.8 Å². The van der Waals surface area contributed by atoms with Crippen LogP contribution in [-0.2, 0) is 17.8 Å². The van der Waals surface area contributed by atoms with Gasteiger partial charge in [-0.05, 0) is 17.5 Å². The summed E-state index contributed by atoms with van der Waals surface area (Å²) in [5.41, 5.74) is 1.91. The molecule has 2 N–H and O–H groups in total. The summed E-state index contributed by atoms with van der Waals surface area (Å²) in [5.74, 6) is -1.89. The molecule has 20 heavy (non-hydrogen) atoms. The molecule has 0 aliphatic rings. The van der Waals surface area contributed by atoms with Gasteiger partial charge in [0, 0.05) is 13.0 Å². The summed E-state index contributed by atoms with van der Waals surface area (Å²) in [5, 5.41) is 17.8. The van der Waals surface area contributed by atoms with Gasteiger partial charge in [0.05, 0.1) is 12.5 Å². The summed E-state index contributed by atoms with van der Waals surface area (Å²) in [7, 11) is 0. The van der Waals surface area contributed by atoms with Crippen molar-refractivity contribution < 1.29 is 19.8 Å². The highest BCUT2D eigenvalue weighted by atomic mass is 16.4. The Morgan fingerprint density at radius 2 is 1.85 bits per heavy atom. The minimum Gasteiger partial charge on any atom is -0.481 e. The molecule has 0 saturated carbocycles. The highest BCUT2D eigenvalue weighted by molar-refractivity contribution is 5.85. The van der Waals surface area contributed by atoms with E-state index in [9.17, 15) is 9.59 Å². The molecule has 0 saturated heterocycles. The van der Waals surface area contributed by atoms with Crippen LogP contribution in [0.4, 0.5) is 0 Å². The fourth-order valence-electron chi connectivity index (χ4n) is 2.01. The maximum absolute atomic E-state index is 11.0. The molecule has 0 fully saturated rings. The number of rotatable bonds is 6. The van der Waals surface area contributed by atoms with E-state index in [0.29, 0.717) is 13.0 Å². The van der Waals surface area contributed by atoms with Gasteiger partial charge in [-0.2, -0.15) is 0 Å². The van der Waals surface area contributed by atoms with E-state index in [4.69, 9.17) is 10.2 Å². The monoisotopic (exact) mass is 274 g/mol. The van der Waals surface area contributed by atoms with Crippen LogP contribution >= 0.6 is 0 Å². The number of carboxylic acids is 2. The molecule has 0 unspecified atom stereocenters. The number of imidazole rings is 1. The standard InChI is InChI=1S/C14H14N2O4/c17-13(18)6-5-10-3-1-2-4-11(10)8-16-9-15-7-12(16)14(19)20/h1-4,7,9H,5-6,8H2,(H,17,18)(H,19,20). The number of nitrogens with zero attached hydrogens (tertiary/aromatic N) is 2. The number of aryl methyl sites for hydroxylation is 1. The number of hydrogen-bond donors (Lipinski definition) is 2. The maximum Gasteiger partial charge on any atom is 0.354 e. The molecule has 0 radical (unpaired) electrons. The maximum atomic E-state index is 11.0. The average molecular weight is 274 g/mol. The van der Waals surface area contributed by atoms with Crippen molar-refractivity contribution >= 4 is 11.9 Å². The van der Waals surface area contributed by atoms with Crippen LogP contribution in [0.25, 0.3) is 0 Å². The second kappa shape index (κ2) is 6.01. The van der Waals surface area contributed by atoms with E-state index < -0.39 is 11.9 Å². The molecule has 0 bridgehead atoms. The zero-order chi connectivity index (χ0) is 14.5. The first-order valence-electron chi connectivity index (χ1n) is 6.10. The summed E-state index contributed by atoms with van der Waals surface area (Å²) in [6.07, 6.45) is 3.22. The first-order valence-corrected chi connectivity index (χ1v) is 6.10. The lowest BCUT2D eigenvalue weighted by Crippen LogP contribution is -2.10. The van der Waals surface area contributed by atoms with Crippen LogP contribution in [0, 0.1) is 0 Å². The van der Waals surface area contributed by atoms with Gasteiger partial charge in [0.25, 0.3) is 0 Å². The Morgan fingerprint density at radius 3 is 2.50 bits per heavy atom. The van der Waals surface area contributed by atoms with Gasteiger partial charge in [-0.1, -0.05) is 24.3 Å². The molecule has 2 rings (SSSR count). The summed E-state index contributed by atoms with van der Waals surface area (Å²) < 4.78 is 1.53. The Balaban J connectivity index is 2.22. The molecule has 1 aromatic carbocycles. The van der Waals surface area contributed by atoms with Crippen LogP contribution in [0.2, 0.25) is 0 Å². The quantitative estimate of drug-likeness (QED) is 0.835. The van der Waals surface area contributed by atoms with E-state index in [-0.39, 0.29) is 12.1 Å². The number of aromatic carboxylic acids is 1. The topological polar surface area (TPSA) is 92.4 Å². The Labute approximate surface area is 115 Å². The molecule has 0 atom stereocenters. The average Bonchev–Trinajstić information content (AvgIpc) is 2.86. The summed E-state index contributed by atoms with van der Waals surface area (Å²) >= 11 is 0. The number of carbonyl (C=O) groups is 2. The Hall–Kier alpha value is -2.63. The van der Waals surface area contributed by atoms with Crippen LogP contribution in [0.5, 0.6) is 0 Å². The fraction of sp³-hybridized carbons (Fsp3) is 0.214. The largest absolute Gasteiger partial charge is 0.481 e. The molecule has 1 heterocycles. The van der Waals surface area contributed by atoms with Crippen molar-refractivity contribution in [1.82, 2.24) is 9.55 Å². The van der Waals surface area contributed by atoms with Crippen LogP contribution in [-0.4, -0.2) is 31.7 Å². The fourth-order valence-corrected chi connectivity index (χ4v) is 2.01. The summed E-state index contributed by atoms with van der Waals surface area (Å²) in [6, 6.07) is 7.40. The molecule has 0 spiro atoms. The summed E-state index contributed by atoms with van der Waals surface area (Å²) in [4.78, 5) is 25.5. The number of carboxylic acid groups (broad SMARTS) is 2. The lowest BCUT2D eigenvalue weighted by molar-refractivity contribution is -0.136. The van der Waals surface area contributed by atoms with Crippen LogP contribution in [0.1, 0.15) is 28.0 Å². The van der Waals surface area contributed by atoms with Crippen molar-refractivity contribution in [2.24, 2.45) is 0 Å². The molecular formula is C14H14N2O4. The number of hydrogen-bond acceptors (Lipinski definition) is 3. The van der Waals surface area contributed by atoms with Crippen molar-refractivity contribution in [3.05, 3.63) is 53.6 Å². The van der Waals surface area contributed by atoms with Gasteiger partial charge >= 0.3 is 11.9 Å². The van der Waals surface area contributed by atoms with E-state index in [1.807, 2.05) is 24.3 Å². The van der Waals surface area contributed by atoms with E-state index in [0.717, 1.165) is 11.1 Å². The SMILES string of the molecule is O=C(O)CCc1ccccc1Cn1cncc1C(=O)O. The highest BCUT2D eigenvalue weighted by Crippen LogP contribution is 2.14. The van der Waals surface area contributed by atoms with Crippen LogP contribution in [0.15, 0.2) is 36.8 Å². The van der Waals surface area contributed by atoms with Crippen molar-refractivity contribution in [2.75, 3.05) is 0 Å². The molecule has 2 aromatic rings. The predicted molar refractivity (Wildman–Crippen MR) is 70.7 cm³/mol. The van der Waals surface area contributed by atoms with Gasteiger partial charge in [0.2, 0.25) is 0 Å². The number of benzene rings is 1. The third kappa shape index (κ3) is 3.23. The van der Waals surface area contributed by atoms with E-state index >= 15 is 0 Å². The third-order valence-electron chi connectivity index (χ3n) is 3.00. The minimum atomic E-state index is -1.04. The van der Waals surface area contributed by atoms with E-state index in [1.165, 1.54) is 17.1 Å². The first-order chi connectivity index (χ1) is 9.58. The molecule has 0 aliphatic carbocycles. The lowest BCUT2D eigenvalue weighted by atomic mass is 10.0. The summed E-state index contributed by atoms with van der Waals surface area (Å²) in [6.45, 7) is 0.359. The zero-order valence-corrected chi connectivity index (χ0v) is 10.7. The predicted octanol–water partition coefficient (Wildman–Crippen LogP) is 1.65. The molecule has 6 heteroatoms. The minimum absolute atomic E-state index is 0.0483. The molecule has 104 valence electrons. The molecular weight excluding hydrogens is 260 g/mol. The van der Waals surface area contributed by atoms with E-state index in [1.54, 1.807) is 0 Å². The highest BCUT2D eigenvalue weighted by Gasteiger charge is 2.11. The van der Waals surface area contributed by atoms with Crippen LogP contribution < -0.4 is 0 Å². The smallest absolute Gasteiger partial charge is 0.354 e. The van der Waals surface area contributed by atoms with Gasteiger partial charge in [-0.3, -0.25) is 4.79 Å². The second-order valence-corrected chi connectivity index (χ2v) is 4.37.